The van der Waals surface area contributed by atoms with Gasteiger partial charge < -0.3 is 5.32 Å². The Morgan fingerprint density at radius 2 is 2.29 bits per heavy atom. The van der Waals surface area contributed by atoms with Crippen LogP contribution in [0.5, 0.6) is 0 Å². The zero-order chi connectivity index (χ0) is 12.3. The number of hydrogen-bond acceptors (Lipinski definition) is 4. The summed E-state index contributed by atoms with van der Waals surface area (Å²) < 4.78 is 0. The summed E-state index contributed by atoms with van der Waals surface area (Å²) in [5, 5.41) is 12.4. The van der Waals surface area contributed by atoms with E-state index in [0.717, 1.165) is 5.56 Å². The third-order valence-corrected chi connectivity index (χ3v) is 2.45. The molecule has 1 aliphatic rings. The van der Waals surface area contributed by atoms with Crippen molar-refractivity contribution in [2.45, 2.75) is 6.92 Å². The van der Waals surface area contributed by atoms with Crippen LogP contribution in [0.3, 0.4) is 0 Å². The quantitative estimate of drug-likeness (QED) is 0.609. The van der Waals surface area contributed by atoms with Crippen LogP contribution < -0.4 is 5.32 Å². The number of allylic oxidation sites excluding steroid dienone is 4. The van der Waals surface area contributed by atoms with E-state index in [1.165, 1.54) is 0 Å². The van der Waals surface area contributed by atoms with E-state index in [4.69, 9.17) is 11.6 Å². The minimum Gasteiger partial charge on any atom is -0.361 e. The predicted octanol–water partition coefficient (Wildman–Crippen LogP) is 2.35. The molecule has 0 aromatic carbocycles. The lowest BCUT2D eigenvalue weighted by Gasteiger charge is -2.10. The van der Waals surface area contributed by atoms with Crippen LogP contribution >= 0.6 is 11.6 Å². The molecule has 0 aliphatic carbocycles. The molecule has 0 atom stereocenters. The van der Waals surface area contributed by atoms with Crippen molar-refractivity contribution < 1.29 is 0 Å². The van der Waals surface area contributed by atoms with Gasteiger partial charge in [0.15, 0.2) is 0 Å². The summed E-state index contributed by atoms with van der Waals surface area (Å²) in [4.78, 5) is 7.97. The molecule has 0 spiro atoms. The molecule has 0 unspecified atom stereocenters. The molecule has 0 bridgehead atoms. The van der Waals surface area contributed by atoms with E-state index in [2.05, 4.69) is 21.4 Å². The Bertz CT molecular complexity index is 579. The van der Waals surface area contributed by atoms with Crippen molar-refractivity contribution >= 4 is 17.2 Å². The summed E-state index contributed by atoms with van der Waals surface area (Å²) in [5.41, 5.74) is 2.51. The van der Waals surface area contributed by atoms with E-state index in [1.807, 2.05) is 25.2 Å². The average Bonchev–Trinajstić information content (AvgIpc) is 2.36. The van der Waals surface area contributed by atoms with Gasteiger partial charge in [0, 0.05) is 12.4 Å². The van der Waals surface area contributed by atoms with E-state index in [9.17, 15) is 5.26 Å². The molecule has 0 saturated carbocycles. The monoisotopic (exact) mass is 244 g/mol. The standard InChI is InChI=1S/C12H9ClN4/c1-8-7-16-12(13)17-11(8)9(6-14)10-4-2-3-5-15-10/h2-5,7,15H,1H3. The SMILES string of the molecule is Cc1cnc(Cl)nc1C(C#N)=C1C=CC=CN1. The maximum absolute atomic E-state index is 9.24. The molecule has 0 amide bonds. The summed E-state index contributed by atoms with van der Waals surface area (Å²) in [7, 11) is 0. The largest absolute Gasteiger partial charge is 0.361 e. The van der Waals surface area contributed by atoms with Gasteiger partial charge in [0.25, 0.3) is 0 Å². The van der Waals surface area contributed by atoms with Crippen LogP contribution in [0, 0.1) is 18.3 Å². The van der Waals surface area contributed by atoms with E-state index in [-0.39, 0.29) is 5.28 Å². The van der Waals surface area contributed by atoms with Crippen molar-refractivity contribution in [2.75, 3.05) is 0 Å². The predicted molar refractivity (Wildman–Crippen MR) is 65.7 cm³/mol. The third kappa shape index (κ3) is 2.35. The minimum absolute atomic E-state index is 0.134. The normalized spacial score (nSPS) is 16.3. The number of hydrogen-bond donors (Lipinski definition) is 1. The van der Waals surface area contributed by atoms with Gasteiger partial charge in [0.2, 0.25) is 5.28 Å². The van der Waals surface area contributed by atoms with Gasteiger partial charge in [-0.3, -0.25) is 0 Å². The number of rotatable bonds is 1. The highest BCUT2D eigenvalue weighted by Crippen LogP contribution is 2.21. The summed E-state index contributed by atoms with van der Waals surface area (Å²) in [5.74, 6) is 0. The zero-order valence-corrected chi connectivity index (χ0v) is 9.86. The van der Waals surface area contributed by atoms with Gasteiger partial charge in [-0.25, -0.2) is 9.97 Å². The second kappa shape index (κ2) is 4.81. The Hall–Kier alpha value is -2.12. The summed E-state index contributed by atoms with van der Waals surface area (Å²) in [6.07, 6.45) is 8.86. The van der Waals surface area contributed by atoms with Crippen LogP contribution in [0.2, 0.25) is 5.28 Å². The first-order valence-electron chi connectivity index (χ1n) is 4.96. The molecule has 17 heavy (non-hydrogen) atoms. The molecule has 1 N–H and O–H groups in total. The lowest BCUT2D eigenvalue weighted by Crippen LogP contribution is -2.09. The highest BCUT2D eigenvalue weighted by Gasteiger charge is 2.12. The van der Waals surface area contributed by atoms with Gasteiger partial charge in [0.05, 0.1) is 11.4 Å². The zero-order valence-electron chi connectivity index (χ0n) is 9.11. The van der Waals surface area contributed by atoms with Crippen LogP contribution in [0.1, 0.15) is 11.3 Å². The smallest absolute Gasteiger partial charge is 0.222 e. The molecule has 0 radical (unpaired) electrons. The molecule has 1 aliphatic heterocycles. The van der Waals surface area contributed by atoms with Crippen LogP contribution in [0.15, 0.2) is 36.3 Å². The summed E-state index contributed by atoms with van der Waals surface area (Å²) in [6, 6.07) is 2.14. The van der Waals surface area contributed by atoms with E-state index in [0.29, 0.717) is 17.0 Å². The first-order chi connectivity index (χ1) is 8.22. The van der Waals surface area contributed by atoms with Crippen LogP contribution in [-0.4, -0.2) is 9.97 Å². The van der Waals surface area contributed by atoms with Crippen molar-refractivity contribution in [3.63, 3.8) is 0 Å². The van der Waals surface area contributed by atoms with Crippen molar-refractivity contribution in [1.29, 1.82) is 5.26 Å². The highest BCUT2D eigenvalue weighted by atomic mass is 35.5. The third-order valence-electron chi connectivity index (χ3n) is 2.27. The molecule has 1 aromatic rings. The van der Waals surface area contributed by atoms with Crippen molar-refractivity contribution in [3.05, 3.63) is 52.9 Å². The van der Waals surface area contributed by atoms with E-state index >= 15 is 0 Å². The van der Waals surface area contributed by atoms with Crippen LogP contribution in [-0.2, 0) is 0 Å². The van der Waals surface area contributed by atoms with Crippen molar-refractivity contribution in [1.82, 2.24) is 15.3 Å². The fourth-order valence-corrected chi connectivity index (χ4v) is 1.60. The van der Waals surface area contributed by atoms with Gasteiger partial charge >= 0.3 is 0 Å². The lowest BCUT2D eigenvalue weighted by molar-refractivity contribution is 1.07. The molecular formula is C12H9ClN4. The first kappa shape index (κ1) is 11.4. The molecule has 5 heteroatoms. The van der Waals surface area contributed by atoms with E-state index < -0.39 is 0 Å². The number of nitriles is 1. The Balaban J connectivity index is 2.57. The second-order valence-corrected chi connectivity index (χ2v) is 3.77. The molecular weight excluding hydrogens is 236 g/mol. The fraction of sp³-hybridized carbons (Fsp3) is 0.0833. The van der Waals surface area contributed by atoms with E-state index in [1.54, 1.807) is 12.4 Å². The molecule has 0 saturated heterocycles. The van der Waals surface area contributed by atoms with Crippen molar-refractivity contribution in [3.8, 4) is 6.07 Å². The second-order valence-electron chi connectivity index (χ2n) is 3.43. The molecule has 4 nitrogen and oxygen atoms in total. The Morgan fingerprint density at radius 3 is 2.94 bits per heavy atom. The van der Waals surface area contributed by atoms with Gasteiger partial charge in [-0.05, 0) is 36.2 Å². The average molecular weight is 245 g/mol. The molecule has 84 valence electrons. The summed E-state index contributed by atoms with van der Waals surface area (Å²) in [6.45, 7) is 1.84. The highest BCUT2D eigenvalue weighted by molar-refractivity contribution is 6.28. The maximum atomic E-state index is 9.24. The maximum Gasteiger partial charge on any atom is 0.222 e. The number of aryl methyl sites for hydroxylation is 1. The van der Waals surface area contributed by atoms with Gasteiger partial charge in [-0.2, -0.15) is 5.26 Å². The number of nitrogens with one attached hydrogen (secondary N) is 1. The molecule has 0 fully saturated rings. The lowest BCUT2D eigenvalue weighted by atomic mass is 10.1. The topological polar surface area (TPSA) is 61.6 Å². The molecule has 2 heterocycles. The van der Waals surface area contributed by atoms with Crippen LogP contribution in [0.25, 0.3) is 5.57 Å². The Morgan fingerprint density at radius 1 is 1.47 bits per heavy atom. The number of dihydropyridines is 1. The Labute approximate surface area is 104 Å². The van der Waals surface area contributed by atoms with Gasteiger partial charge in [0.1, 0.15) is 11.6 Å². The van der Waals surface area contributed by atoms with Crippen molar-refractivity contribution in [2.24, 2.45) is 0 Å². The first-order valence-corrected chi connectivity index (χ1v) is 5.34. The fourth-order valence-electron chi connectivity index (χ4n) is 1.46. The van der Waals surface area contributed by atoms with Gasteiger partial charge in [-0.15, -0.1) is 0 Å². The van der Waals surface area contributed by atoms with Gasteiger partial charge in [-0.1, -0.05) is 6.08 Å². The molecule has 1 aromatic heterocycles. The number of nitrogens with zero attached hydrogens (tertiary/aromatic N) is 3. The van der Waals surface area contributed by atoms with Crippen LogP contribution in [0.4, 0.5) is 0 Å². The minimum atomic E-state index is 0.134. The number of aromatic nitrogens is 2. The molecule has 2 rings (SSSR count). The Kier molecular flexibility index (Phi) is 3.22. The summed E-state index contributed by atoms with van der Waals surface area (Å²) >= 11 is 5.75. The number of halogens is 1.